The molecule has 9 nitrogen and oxygen atoms in total. The van der Waals surface area contributed by atoms with Crippen molar-refractivity contribution >= 4 is 16.9 Å². The lowest BCUT2D eigenvalue weighted by molar-refractivity contribution is 0.0692. The van der Waals surface area contributed by atoms with E-state index in [9.17, 15) is 4.79 Å². The van der Waals surface area contributed by atoms with Gasteiger partial charge in [-0.15, -0.1) is 10.2 Å². The number of benzene rings is 1. The molecule has 6 aromatic rings. The van der Waals surface area contributed by atoms with Gasteiger partial charge in [-0.2, -0.15) is 0 Å². The molecule has 0 atom stereocenters. The number of hydrogen-bond donors (Lipinski definition) is 0. The molecular formula is C32H28N8O. The number of aromatic nitrogens is 7. The quantitative estimate of drug-likeness (QED) is 0.271. The van der Waals surface area contributed by atoms with Crippen LogP contribution in [0.1, 0.15) is 35.9 Å². The molecule has 41 heavy (non-hydrogen) atoms. The van der Waals surface area contributed by atoms with E-state index in [4.69, 9.17) is 0 Å². The number of amides is 1. The molecule has 1 aliphatic heterocycles. The molecule has 0 unspecified atom stereocenters. The average Bonchev–Trinajstić information content (AvgIpc) is 3.65. The largest absolute Gasteiger partial charge is 0.331 e. The Labute approximate surface area is 237 Å². The molecule has 0 fully saturated rings. The van der Waals surface area contributed by atoms with E-state index in [1.807, 2.05) is 52.3 Å². The van der Waals surface area contributed by atoms with E-state index in [2.05, 4.69) is 73.9 Å². The van der Waals surface area contributed by atoms with Gasteiger partial charge in [0.1, 0.15) is 17.7 Å². The Morgan fingerprint density at radius 2 is 1.61 bits per heavy atom. The van der Waals surface area contributed by atoms with Crippen molar-refractivity contribution in [1.29, 1.82) is 0 Å². The van der Waals surface area contributed by atoms with Gasteiger partial charge in [-0.3, -0.25) is 14.8 Å². The SMILES string of the molecule is CC(C)n1cnnc1-c1ccc(-c2cncc(-c3ccnc4c3cc3n4CCN(Cc4ccncc4)C3=O)c2)cc1. The van der Waals surface area contributed by atoms with Gasteiger partial charge in [0.15, 0.2) is 5.82 Å². The summed E-state index contributed by atoms with van der Waals surface area (Å²) in [5.41, 5.74) is 7.60. The molecule has 7 rings (SSSR count). The van der Waals surface area contributed by atoms with Crippen LogP contribution in [0.25, 0.3) is 44.7 Å². The first-order chi connectivity index (χ1) is 20.1. The maximum atomic E-state index is 13.5. The predicted molar refractivity (Wildman–Crippen MR) is 157 cm³/mol. The first kappa shape index (κ1) is 24.8. The number of fused-ring (bicyclic) bond motifs is 3. The van der Waals surface area contributed by atoms with Crippen LogP contribution in [-0.4, -0.2) is 51.6 Å². The molecule has 0 spiro atoms. The summed E-state index contributed by atoms with van der Waals surface area (Å²) in [4.78, 5) is 28.7. The Kier molecular flexibility index (Phi) is 6.11. The van der Waals surface area contributed by atoms with E-state index in [0.717, 1.165) is 50.2 Å². The molecule has 9 heteroatoms. The minimum Gasteiger partial charge on any atom is -0.331 e. The van der Waals surface area contributed by atoms with Crippen molar-refractivity contribution < 1.29 is 4.79 Å². The molecule has 1 aliphatic rings. The van der Waals surface area contributed by atoms with E-state index in [0.29, 0.717) is 25.3 Å². The van der Waals surface area contributed by atoms with Gasteiger partial charge in [0.2, 0.25) is 0 Å². The highest BCUT2D eigenvalue weighted by Gasteiger charge is 2.28. The fraction of sp³-hybridized carbons (Fsp3) is 0.188. The molecule has 0 bridgehead atoms. The molecule has 0 saturated carbocycles. The summed E-state index contributed by atoms with van der Waals surface area (Å²) in [6.45, 7) is 6.12. The van der Waals surface area contributed by atoms with Gasteiger partial charge in [-0.25, -0.2) is 4.98 Å². The van der Waals surface area contributed by atoms with Crippen molar-refractivity contribution in [2.45, 2.75) is 33.0 Å². The van der Waals surface area contributed by atoms with Crippen LogP contribution >= 0.6 is 0 Å². The number of nitrogens with zero attached hydrogens (tertiary/aromatic N) is 8. The van der Waals surface area contributed by atoms with Gasteiger partial charge in [-0.05, 0) is 60.9 Å². The summed E-state index contributed by atoms with van der Waals surface area (Å²) in [5, 5.41) is 9.35. The summed E-state index contributed by atoms with van der Waals surface area (Å²) in [6, 6.07) is 18.6. The van der Waals surface area contributed by atoms with Crippen molar-refractivity contribution in [1.82, 2.24) is 39.2 Å². The minimum absolute atomic E-state index is 0.0114. The molecule has 6 heterocycles. The number of carbonyl (C=O) groups is 1. The highest BCUT2D eigenvalue weighted by Crippen LogP contribution is 2.34. The van der Waals surface area contributed by atoms with Gasteiger partial charge < -0.3 is 14.0 Å². The summed E-state index contributed by atoms with van der Waals surface area (Å²) in [5.74, 6) is 0.862. The topological polar surface area (TPSA) is 94.6 Å². The molecule has 0 saturated heterocycles. The van der Waals surface area contributed by atoms with Crippen LogP contribution in [-0.2, 0) is 13.1 Å². The van der Waals surface area contributed by atoms with Gasteiger partial charge in [0.05, 0.1) is 0 Å². The maximum absolute atomic E-state index is 13.5. The Morgan fingerprint density at radius 3 is 2.41 bits per heavy atom. The Morgan fingerprint density at radius 1 is 0.829 bits per heavy atom. The second kappa shape index (κ2) is 10.1. The fourth-order valence-electron chi connectivity index (χ4n) is 5.53. The zero-order valence-corrected chi connectivity index (χ0v) is 22.8. The number of carbonyl (C=O) groups excluding carboxylic acids is 1. The minimum atomic E-state index is 0.0114. The molecule has 202 valence electrons. The maximum Gasteiger partial charge on any atom is 0.270 e. The third kappa shape index (κ3) is 4.45. The van der Waals surface area contributed by atoms with Crippen LogP contribution in [0.5, 0.6) is 0 Å². The second-order valence-electron chi connectivity index (χ2n) is 10.6. The van der Waals surface area contributed by atoms with E-state index in [1.54, 1.807) is 18.7 Å². The lowest BCUT2D eigenvalue weighted by Gasteiger charge is -2.28. The van der Waals surface area contributed by atoms with E-state index >= 15 is 0 Å². The second-order valence-corrected chi connectivity index (χ2v) is 10.6. The molecule has 0 N–H and O–H groups in total. The van der Waals surface area contributed by atoms with Gasteiger partial charge >= 0.3 is 0 Å². The van der Waals surface area contributed by atoms with Crippen molar-refractivity contribution in [2.24, 2.45) is 0 Å². The Bertz CT molecular complexity index is 1870. The molecule has 1 amide bonds. The highest BCUT2D eigenvalue weighted by molar-refractivity contribution is 6.03. The lowest BCUT2D eigenvalue weighted by Crippen LogP contribution is -2.39. The zero-order chi connectivity index (χ0) is 27.9. The predicted octanol–water partition coefficient (Wildman–Crippen LogP) is 5.66. The molecule has 0 radical (unpaired) electrons. The van der Waals surface area contributed by atoms with Gasteiger partial charge in [0.25, 0.3) is 5.91 Å². The number of pyridine rings is 3. The molecule has 5 aromatic heterocycles. The molecule has 0 aliphatic carbocycles. The summed E-state index contributed by atoms with van der Waals surface area (Å²) < 4.78 is 4.10. The summed E-state index contributed by atoms with van der Waals surface area (Å²) in [6.07, 6.45) is 10.8. The average molecular weight is 541 g/mol. The van der Waals surface area contributed by atoms with Crippen LogP contribution in [0.4, 0.5) is 0 Å². The van der Waals surface area contributed by atoms with Crippen molar-refractivity contribution in [3.8, 4) is 33.6 Å². The van der Waals surface area contributed by atoms with Crippen molar-refractivity contribution in [3.05, 3.63) is 103 Å². The first-order valence-electron chi connectivity index (χ1n) is 13.7. The van der Waals surface area contributed by atoms with E-state index in [1.165, 1.54) is 0 Å². The van der Waals surface area contributed by atoms with Crippen LogP contribution in [0, 0.1) is 0 Å². The van der Waals surface area contributed by atoms with E-state index < -0.39 is 0 Å². The number of hydrogen-bond acceptors (Lipinski definition) is 6. The van der Waals surface area contributed by atoms with E-state index in [-0.39, 0.29) is 11.9 Å². The third-order valence-electron chi connectivity index (χ3n) is 7.67. The van der Waals surface area contributed by atoms with Gasteiger partial charge in [0, 0.05) is 78.7 Å². The normalized spacial score (nSPS) is 13.2. The smallest absolute Gasteiger partial charge is 0.270 e. The zero-order valence-electron chi connectivity index (χ0n) is 22.8. The summed E-state index contributed by atoms with van der Waals surface area (Å²) >= 11 is 0. The Balaban J connectivity index is 1.21. The van der Waals surface area contributed by atoms with Crippen LogP contribution in [0.2, 0.25) is 0 Å². The third-order valence-corrected chi connectivity index (χ3v) is 7.67. The highest BCUT2D eigenvalue weighted by atomic mass is 16.2. The fourth-order valence-corrected chi connectivity index (χ4v) is 5.53. The van der Waals surface area contributed by atoms with Crippen LogP contribution in [0.15, 0.2) is 91.9 Å². The molecule has 1 aromatic carbocycles. The van der Waals surface area contributed by atoms with Crippen molar-refractivity contribution in [3.63, 3.8) is 0 Å². The molecular weight excluding hydrogens is 512 g/mol. The number of rotatable bonds is 6. The standard InChI is InChI=1S/C32H28N8O/c1-21(2)40-20-36-37-30(40)24-5-3-23(4-6-24)25-15-26(18-34-17-25)27-9-12-35-31-28(27)16-29-32(41)38(13-14-39(29)31)19-22-7-10-33-11-8-22/h3-12,15-18,20-21H,13-14,19H2,1-2H3. The van der Waals surface area contributed by atoms with Crippen molar-refractivity contribution in [2.75, 3.05) is 6.54 Å². The van der Waals surface area contributed by atoms with Crippen LogP contribution < -0.4 is 0 Å². The Hall–Kier alpha value is -5.18. The first-order valence-corrected chi connectivity index (χ1v) is 13.7. The summed E-state index contributed by atoms with van der Waals surface area (Å²) in [7, 11) is 0. The van der Waals surface area contributed by atoms with Crippen LogP contribution in [0.3, 0.4) is 0 Å². The monoisotopic (exact) mass is 540 g/mol. The lowest BCUT2D eigenvalue weighted by atomic mass is 10.00. The van der Waals surface area contributed by atoms with Gasteiger partial charge in [-0.1, -0.05) is 24.3 Å².